The molecule has 0 radical (unpaired) electrons. The number of nitrogens with zero attached hydrogens (tertiary/aromatic N) is 4. The maximum atomic E-state index is 13.4. The van der Waals surface area contributed by atoms with Crippen LogP contribution in [0, 0.1) is 6.92 Å². The minimum atomic E-state index is -0.112. The number of urea groups is 1. The summed E-state index contributed by atoms with van der Waals surface area (Å²) in [6.07, 6.45) is 3.09. The fraction of sp³-hybridized carbons (Fsp3) is 0.483. The van der Waals surface area contributed by atoms with Crippen LogP contribution in [0.4, 0.5) is 16.2 Å². The Hall–Kier alpha value is -3.59. The molecule has 1 saturated heterocycles. The zero-order valence-electron chi connectivity index (χ0n) is 22.1. The SMILES string of the molecule is C.CCCCCNC(=O)CN(CC(=O)N(C)N1Cc2ccccc2C1)c1ccc(N2CCNC2=O)cc1C. The van der Waals surface area contributed by atoms with E-state index in [4.69, 9.17) is 0 Å². The number of carbonyl (C=O) groups excluding carboxylic acids is 3. The van der Waals surface area contributed by atoms with Gasteiger partial charge in [-0.05, 0) is 48.2 Å². The van der Waals surface area contributed by atoms with Crippen LogP contribution in [-0.4, -0.2) is 67.6 Å². The first kappa shape index (κ1) is 29.0. The van der Waals surface area contributed by atoms with Gasteiger partial charge in [0.05, 0.1) is 13.1 Å². The first-order valence-corrected chi connectivity index (χ1v) is 13.1. The minimum Gasteiger partial charge on any atom is -0.355 e. The molecule has 1 fully saturated rings. The molecular formula is C29H42N6O3. The minimum absolute atomic E-state index is 0. The molecule has 2 aromatic rings. The number of benzene rings is 2. The standard InChI is InChI=1S/C28H38N6O3.CH4/c1-4-5-8-13-29-26(35)19-32(25-12-11-24(16-21(25)2)34-15-14-30-28(34)37)20-27(36)31(3)33-17-22-9-6-7-10-23(22)18-33;/h6-7,9-12,16H,4-5,8,13-15,17-20H2,1-3H3,(H,29,35)(H,30,37);1H4. The molecule has 0 aromatic heterocycles. The van der Waals surface area contributed by atoms with E-state index < -0.39 is 0 Å². The Labute approximate surface area is 226 Å². The normalized spacial score (nSPS) is 14.5. The zero-order valence-corrected chi connectivity index (χ0v) is 22.1. The Morgan fingerprint density at radius 1 is 1.05 bits per heavy atom. The molecule has 38 heavy (non-hydrogen) atoms. The number of fused-ring (bicyclic) bond motifs is 1. The van der Waals surface area contributed by atoms with Crippen molar-refractivity contribution in [2.45, 2.75) is 53.6 Å². The zero-order chi connectivity index (χ0) is 26.4. The lowest BCUT2D eigenvalue weighted by Gasteiger charge is -2.32. The molecule has 9 nitrogen and oxygen atoms in total. The first-order valence-electron chi connectivity index (χ1n) is 13.1. The smallest absolute Gasteiger partial charge is 0.321 e. The number of likely N-dealkylation sites (N-methyl/N-ethyl adjacent to an activating group) is 1. The third kappa shape index (κ3) is 6.83. The van der Waals surface area contributed by atoms with E-state index >= 15 is 0 Å². The largest absolute Gasteiger partial charge is 0.355 e. The van der Waals surface area contributed by atoms with Gasteiger partial charge in [-0.3, -0.25) is 19.5 Å². The second-order valence-corrected chi connectivity index (χ2v) is 9.78. The second kappa shape index (κ2) is 13.3. The summed E-state index contributed by atoms with van der Waals surface area (Å²) in [7, 11) is 1.79. The Morgan fingerprint density at radius 3 is 2.37 bits per heavy atom. The van der Waals surface area contributed by atoms with Crippen LogP contribution in [0.15, 0.2) is 42.5 Å². The molecule has 4 rings (SSSR count). The molecule has 0 spiro atoms. The maximum Gasteiger partial charge on any atom is 0.321 e. The quantitative estimate of drug-likeness (QED) is 0.440. The van der Waals surface area contributed by atoms with Gasteiger partial charge in [-0.1, -0.05) is 51.5 Å². The molecule has 0 bridgehead atoms. The van der Waals surface area contributed by atoms with Gasteiger partial charge in [-0.2, -0.15) is 0 Å². The molecule has 0 atom stereocenters. The number of anilines is 2. The van der Waals surface area contributed by atoms with Crippen molar-refractivity contribution in [2.24, 2.45) is 0 Å². The lowest BCUT2D eigenvalue weighted by Crippen LogP contribution is -2.48. The molecule has 0 aliphatic carbocycles. The van der Waals surface area contributed by atoms with Gasteiger partial charge in [0.2, 0.25) is 5.91 Å². The van der Waals surface area contributed by atoms with Gasteiger partial charge >= 0.3 is 6.03 Å². The number of hydrogen-bond donors (Lipinski definition) is 2. The summed E-state index contributed by atoms with van der Waals surface area (Å²) in [5.74, 6) is -0.198. The highest BCUT2D eigenvalue weighted by molar-refractivity contribution is 5.94. The van der Waals surface area contributed by atoms with Crippen LogP contribution >= 0.6 is 0 Å². The van der Waals surface area contributed by atoms with Crippen molar-refractivity contribution < 1.29 is 14.4 Å². The molecule has 9 heteroatoms. The van der Waals surface area contributed by atoms with Gasteiger partial charge < -0.3 is 15.5 Å². The number of nitrogens with one attached hydrogen (secondary N) is 2. The number of carbonyl (C=O) groups is 3. The van der Waals surface area contributed by atoms with Gasteiger partial charge in [0.15, 0.2) is 0 Å². The van der Waals surface area contributed by atoms with Crippen LogP contribution in [0.5, 0.6) is 0 Å². The van der Waals surface area contributed by atoms with Crippen LogP contribution < -0.4 is 20.4 Å². The molecule has 2 N–H and O–H groups in total. The summed E-state index contributed by atoms with van der Waals surface area (Å²) in [5, 5.41) is 9.51. The summed E-state index contributed by atoms with van der Waals surface area (Å²) < 4.78 is 0. The monoisotopic (exact) mass is 522 g/mol. The summed E-state index contributed by atoms with van der Waals surface area (Å²) >= 11 is 0. The third-order valence-corrected chi connectivity index (χ3v) is 7.06. The number of rotatable bonds is 11. The van der Waals surface area contributed by atoms with Crippen molar-refractivity contribution in [2.75, 3.05) is 49.6 Å². The molecule has 2 aliphatic heterocycles. The average Bonchev–Trinajstić information content (AvgIpc) is 3.52. The first-order chi connectivity index (χ1) is 17.9. The molecular weight excluding hydrogens is 480 g/mol. The highest BCUT2D eigenvalue weighted by Gasteiger charge is 2.27. The van der Waals surface area contributed by atoms with Crippen molar-refractivity contribution >= 4 is 29.2 Å². The summed E-state index contributed by atoms with van der Waals surface area (Å²) in [4.78, 5) is 41.9. The lowest BCUT2D eigenvalue weighted by molar-refractivity contribution is -0.145. The van der Waals surface area contributed by atoms with E-state index in [1.807, 2.05) is 47.2 Å². The van der Waals surface area contributed by atoms with Gasteiger partial charge in [-0.25, -0.2) is 9.80 Å². The van der Waals surface area contributed by atoms with Crippen LogP contribution in [-0.2, 0) is 22.7 Å². The predicted molar refractivity (Wildman–Crippen MR) is 152 cm³/mol. The Morgan fingerprint density at radius 2 is 1.76 bits per heavy atom. The van der Waals surface area contributed by atoms with E-state index in [1.165, 1.54) is 11.1 Å². The fourth-order valence-electron chi connectivity index (χ4n) is 4.89. The lowest BCUT2D eigenvalue weighted by atomic mass is 10.1. The molecule has 206 valence electrons. The van der Waals surface area contributed by atoms with Crippen LogP contribution in [0.3, 0.4) is 0 Å². The van der Waals surface area contributed by atoms with Crippen molar-refractivity contribution in [1.29, 1.82) is 0 Å². The van der Waals surface area contributed by atoms with E-state index in [-0.39, 0.29) is 38.4 Å². The average molecular weight is 523 g/mol. The number of aryl methyl sites for hydroxylation is 1. The summed E-state index contributed by atoms with van der Waals surface area (Å²) in [6.45, 7) is 7.44. The predicted octanol–water partition coefficient (Wildman–Crippen LogP) is 3.66. The highest BCUT2D eigenvalue weighted by Crippen LogP contribution is 2.28. The van der Waals surface area contributed by atoms with Crippen molar-refractivity contribution in [3.05, 3.63) is 59.2 Å². The van der Waals surface area contributed by atoms with Gasteiger partial charge in [0.25, 0.3) is 5.91 Å². The van der Waals surface area contributed by atoms with Crippen molar-refractivity contribution in [3.63, 3.8) is 0 Å². The molecule has 2 heterocycles. The molecule has 2 aliphatic rings. The molecule has 2 aromatic carbocycles. The van der Waals surface area contributed by atoms with E-state index in [0.717, 1.165) is 36.2 Å². The van der Waals surface area contributed by atoms with Gasteiger partial charge in [0.1, 0.15) is 0 Å². The number of unbranched alkanes of at least 4 members (excludes halogenated alkanes) is 2. The maximum absolute atomic E-state index is 13.4. The van der Waals surface area contributed by atoms with E-state index in [1.54, 1.807) is 17.0 Å². The molecule has 4 amide bonds. The number of hydrogen-bond acceptors (Lipinski definition) is 5. The van der Waals surface area contributed by atoms with Crippen LogP contribution in [0.25, 0.3) is 0 Å². The van der Waals surface area contributed by atoms with E-state index in [0.29, 0.717) is 32.7 Å². The van der Waals surface area contributed by atoms with E-state index in [2.05, 4.69) is 29.7 Å². The molecule has 0 unspecified atom stereocenters. The van der Waals surface area contributed by atoms with Crippen molar-refractivity contribution in [1.82, 2.24) is 20.7 Å². The fourth-order valence-corrected chi connectivity index (χ4v) is 4.89. The summed E-state index contributed by atoms with van der Waals surface area (Å²) in [5.41, 5.74) is 4.96. The Kier molecular flexibility index (Phi) is 10.1. The van der Waals surface area contributed by atoms with Crippen molar-refractivity contribution in [3.8, 4) is 0 Å². The Bertz CT molecular complexity index is 1110. The molecule has 0 saturated carbocycles. The topological polar surface area (TPSA) is 88.2 Å². The van der Waals surface area contributed by atoms with E-state index in [9.17, 15) is 14.4 Å². The van der Waals surface area contributed by atoms with Crippen LogP contribution in [0.2, 0.25) is 0 Å². The second-order valence-electron chi connectivity index (χ2n) is 9.78. The highest BCUT2D eigenvalue weighted by atomic mass is 16.2. The van der Waals surface area contributed by atoms with Crippen LogP contribution in [0.1, 0.15) is 50.3 Å². The summed E-state index contributed by atoms with van der Waals surface area (Å²) in [6, 6.07) is 13.8. The third-order valence-electron chi connectivity index (χ3n) is 7.06. The number of hydrazine groups is 1. The number of amides is 4. The van der Waals surface area contributed by atoms with Gasteiger partial charge in [0, 0.05) is 51.1 Å². The Balaban J connectivity index is 0.00000400. The van der Waals surface area contributed by atoms with Gasteiger partial charge in [-0.15, -0.1) is 0 Å².